The van der Waals surface area contributed by atoms with Crippen molar-refractivity contribution in [2.75, 3.05) is 18.5 Å². The van der Waals surface area contributed by atoms with Crippen LogP contribution in [0, 0.1) is 0 Å². The van der Waals surface area contributed by atoms with Crippen LogP contribution in [0.2, 0.25) is 0 Å². The number of hydrogen-bond acceptors (Lipinski definition) is 3. The molecule has 1 aromatic heterocycles. The van der Waals surface area contributed by atoms with Crippen molar-refractivity contribution in [1.82, 2.24) is 4.98 Å². The molecule has 0 amide bonds. The van der Waals surface area contributed by atoms with Crippen molar-refractivity contribution in [2.45, 2.75) is 25.8 Å². The maximum absolute atomic E-state index is 12.3. The second-order valence-corrected chi connectivity index (χ2v) is 3.94. The second-order valence-electron chi connectivity index (χ2n) is 3.94. The fourth-order valence-corrected chi connectivity index (χ4v) is 1.57. The number of halogens is 2. The highest BCUT2D eigenvalue weighted by Gasteiger charge is 2.13. The Hall–Kier alpha value is -1.23. The summed E-state index contributed by atoms with van der Waals surface area (Å²) in [5, 5.41) is 0. The van der Waals surface area contributed by atoms with Gasteiger partial charge in [0.2, 0.25) is 0 Å². The van der Waals surface area contributed by atoms with Gasteiger partial charge in [-0.15, -0.1) is 0 Å². The Balaban J connectivity index is 2.85. The Bertz CT molecular complexity index is 329. The first-order valence-corrected chi connectivity index (χ1v) is 5.19. The molecule has 0 bridgehead atoms. The summed E-state index contributed by atoms with van der Waals surface area (Å²) in [5.41, 5.74) is 6.60. The van der Waals surface area contributed by atoms with E-state index >= 15 is 0 Å². The lowest BCUT2D eigenvalue weighted by Gasteiger charge is -2.21. The van der Waals surface area contributed by atoms with E-state index in [1.807, 2.05) is 13.0 Å². The van der Waals surface area contributed by atoms with Gasteiger partial charge in [-0.05, 0) is 25.0 Å². The molecule has 90 valence electrons. The van der Waals surface area contributed by atoms with Crippen molar-refractivity contribution < 1.29 is 8.78 Å². The number of alkyl halides is 2. The van der Waals surface area contributed by atoms with E-state index in [4.69, 9.17) is 5.73 Å². The molecular formula is C11H17F2N3. The average Bonchev–Trinajstić information content (AvgIpc) is 2.16. The lowest BCUT2D eigenvalue weighted by atomic mass is 10.1. The predicted octanol–water partition coefficient (Wildman–Crippen LogP) is 1.67. The topological polar surface area (TPSA) is 42.1 Å². The molecule has 1 aromatic rings. The third-order valence-electron chi connectivity index (χ3n) is 2.18. The summed E-state index contributed by atoms with van der Waals surface area (Å²) in [7, 11) is 1.61. The van der Waals surface area contributed by atoms with Gasteiger partial charge in [0.05, 0.1) is 6.54 Å². The molecule has 5 heteroatoms. The van der Waals surface area contributed by atoms with Crippen LogP contribution in [-0.2, 0) is 6.42 Å². The number of aromatic nitrogens is 1. The quantitative estimate of drug-likeness (QED) is 0.835. The number of rotatable bonds is 5. The minimum atomic E-state index is -2.37. The molecule has 1 heterocycles. The van der Waals surface area contributed by atoms with Gasteiger partial charge in [0.15, 0.2) is 0 Å². The Morgan fingerprint density at radius 3 is 2.75 bits per heavy atom. The van der Waals surface area contributed by atoms with Gasteiger partial charge in [0, 0.05) is 19.3 Å². The minimum Gasteiger partial charge on any atom is -0.354 e. The van der Waals surface area contributed by atoms with Gasteiger partial charge in [-0.3, -0.25) is 0 Å². The second kappa shape index (κ2) is 5.75. The molecule has 16 heavy (non-hydrogen) atoms. The largest absolute Gasteiger partial charge is 0.354 e. The van der Waals surface area contributed by atoms with Gasteiger partial charge >= 0.3 is 0 Å². The lowest BCUT2D eigenvalue weighted by Crippen LogP contribution is -2.27. The first-order valence-electron chi connectivity index (χ1n) is 5.19. The standard InChI is InChI=1S/C11H17F2N3/c1-8(14)6-9-4-3-5-15-11(9)16(2)7-10(12)13/h3-5,8,10H,6-7,14H2,1-2H3. The summed E-state index contributed by atoms with van der Waals surface area (Å²) in [6.07, 6.45) is -0.131. The first kappa shape index (κ1) is 12.8. The molecule has 1 unspecified atom stereocenters. The van der Waals surface area contributed by atoms with Crippen molar-refractivity contribution in [3.63, 3.8) is 0 Å². The summed E-state index contributed by atoms with van der Waals surface area (Å²) >= 11 is 0. The zero-order chi connectivity index (χ0) is 12.1. The van der Waals surface area contributed by atoms with Crippen LogP contribution in [0.1, 0.15) is 12.5 Å². The van der Waals surface area contributed by atoms with Gasteiger partial charge in [0.25, 0.3) is 6.43 Å². The van der Waals surface area contributed by atoms with Gasteiger partial charge in [-0.2, -0.15) is 0 Å². The van der Waals surface area contributed by atoms with Crippen LogP contribution in [0.15, 0.2) is 18.3 Å². The summed E-state index contributed by atoms with van der Waals surface area (Å²) in [6.45, 7) is 1.56. The van der Waals surface area contributed by atoms with E-state index in [9.17, 15) is 8.78 Å². The molecule has 0 saturated carbocycles. The first-order chi connectivity index (χ1) is 7.50. The molecular weight excluding hydrogens is 212 g/mol. The van der Waals surface area contributed by atoms with E-state index in [0.717, 1.165) is 5.56 Å². The lowest BCUT2D eigenvalue weighted by molar-refractivity contribution is 0.156. The third kappa shape index (κ3) is 3.73. The molecule has 0 aliphatic heterocycles. The normalized spacial score (nSPS) is 12.9. The third-order valence-corrected chi connectivity index (χ3v) is 2.18. The van der Waals surface area contributed by atoms with E-state index < -0.39 is 6.43 Å². The molecule has 0 aliphatic rings. The van der Waals surface area contributed by atoms with E-state index in [2.05, 4.69) is 4.98 Å². The van der Waals surface area contributed by atoms with Gasteiger partial charge < -0.3 is 10.6 Å². The summed E-state index contributed by atoms with van der Waals surface area (Å²) < 4.78 is 24.5. The molecule has 2 N–H and O–H groups in total. The van der Waals surface area contributed by atoms with E-state index in [0.29, 0.717) is 12.2 Å². The highest BCUT2D eigenvalue weighted by Crippen LogP contribution is 2.17. The zero-order valence-electron chi connectivity index (χ0n) is 9.53. The Morgan fingerprint density at radius 2 is 2.19 bits per heavy atom. The van der Waals surface area contributed by atoms with Crippen molar-refractivity contribution in [1.29, 1.82) is 0 Å². The summed E-state index contributed by atoms with van der Waals surface area (Å²) in [4.78, 5) is 5.58. The number of nitrogens with zero attached hydrogens (tertiary/aromatic N) is 2. The maximum atomic E-state index is 12.3. The monoisotopic (exact) mass is 229 g/mol. The Kier molecular flexibility index (Phi) is 4.61. The van der Waals surface area contributed by atoms with Crippen molar-refractivity contribution in [3.05, 3.63) is 23.9 Å². The van der Waals surface area contributed by atoms with E-state index in [1.165, 1.54) is 4.90 Å². The summed E-state index contributed by atoms with van der Waals surface area (Å²) in [6, 6.07) is 3.65. The predicted molar refractivity (Wildman–Crippen MR) is 60.9 cm³/mol. The van der Waals surface area contributed by atoms with Crippen LogP contribution < -0.4 is 10.6 Å². The maximum Gasteiger partial charge on any atom is 0.255 e. The molecule has 3 nitrogen and oxygen atoms in total. The van der Waals surface area contributed by atoms with Gasteiger partial charge in [0.1, 0.15) is 5.82 Å². The zero-order valence-corrected chi connectivity index (χ0v) is 9.53. The van der Waals surface area contributed by atoms with Crippen LogP contribution in [0.3, 0.4) is 0 Å². The van der Waals surface area contributed by atoms with E-state index in [-0.39, 0.29) is 12.6 Å². The molecule has 0 fully saturated rings. The number of pyridine rings is 1. The average molecular weight is 229 g/mol. The van der Waals surface area contributed by atoms with Crippen molar-refractivity contribution in [2.24, 2.45) is 5.73 Å². The molecule has 0 aliphatic carbocycles. The van der Waals surface area contributed by atoms with Crippen LogP contribution >= 0.6 is 0 Å². The van der Waals surface area contributed by atoms with E-state index in [1.54, 1.807) is 19.3 Å². The van der Waals surface area contributed by atoms with Crippen LogP contribution in [-0.4, -0.2) is 31.0 Å². The highest BCUT2D eigenvalue weighted by molar-refractivity contribution is 5.46. The van der Waals surface area contributed by atoms with Gasteiger partial charge in [-0.1, -0.05) is 6.07 Å². The smallest absolute Gasteiger partial charge is 0.255 e. The fourth-order valence-electron chi connectivity index (χ4n) is 1.57. The van der Waals surface area contributed by atoms with Crippen LogP contribution in [0.5, 0.6) is 0 Å². The molecule has 0 aromatic carbocycles. The van der Waals surface area contributed by atoms with Crippen LogP contribution in [0.4, 0.5) is 14.6 Å². The van der Waals surface area contributed by atoms with Gasteiger partial charge in [-0.25, -0.2) is 13.8 Å². The fraction of sp³-hybridized carbons (Fsp3) is 0.545. The summed E-state index contributed by atoms with van der Waals surface area (Å²) in [5.74, 6) is 0.583. The molecule has 0 radical (unpaired) electrons. The number of hydrogen-bond donors (Lipinski definition) is 1. The number of nitrogens with two attached hydrogens (primary N) is 1. The number of anilines is 1. The van der Waals surface area contributed by atoms with Crippen LogP contribution in [0.25, 0.3) is 0 Å². The highest BCUT2D eigenvalue weighted by atomic mass is 19.3. The molecule has 1 rings (SSSR count). The SMILES string of the molecule is CC(N)Cc1cccnc1N(C)CC(F)F. The minimum absolute atomic E-state index is 0.0112. The Morgan fingerprint density at radius 1 is 1.50 bits per heavy atom. The Labute approximate surface area is 94.3 Å². The molecule has 0 spiro atoms. The van der Waals surface area contributed by atoms with Crippen molar-refractivity contribution >= 4 is 5.82 Å². The molecule has 0 saturated heterocycles. The van der Waals surface area contributed by atoms with Crippen molar-refractivity contribution in [3.8, 4) is 0 Å². The molecule has 1 atom stereocenters.